The minimum absolute atomic E-state index is 0.0479. The summed E-state index contributed by atoms with van der Waals surface area (Å²) < 4.78 is 8.34. The smallest absolute Gasteiger partial charge is 0.336 e. The lowest BCUT2D eigenvalue weighted by Gasteiger charge is -2.19. The molecule has 0 bridgehead atoms. The first-order valence-corrected chi connectivity index (χ1v) is 10.5. The van der Waals surface area contributed by atoms with Crippen LogP contribution in [0.1, 0.15) is 15.9 Å². The number of fused-ring (bicyclic) bond motifs is 2. The van der Waals surface area contributed by atoms with Crippen molar-refractivity contribution in [2.75, 3.05) is 39.2 Å². The third-order valence-corrected chi connectivity index (χ3v) is 5.81. The van der Waals surface area contributed by atoms with E-state index in [4.69, 9.17) is 4.42 Å². The van der Waals surface area contributed by atoms with Crippen LogP contribution in [0.25, 0.3) is 33.4 Å². The molecule has 0 saturated heterocycles. The average molecular weight is 432 g/mol. The van der Waals surface area contributed by atoms with Gasteiger partial charge in [-0.1, -0.05) is 18.2 Å². The van der Waals surface area contributed by atoms with Crippen LogP contribution in [0.15, 0.2) is 59.0 Å². The molecule has 0 saturated carbocycles. The molecule has 0 spiro atoms. The van der Waals surface area contributed by atoms with E-state index in [2.05, 4.69) is 0 Å². The third kappa shape index (κ3) is 3.74. The number of aliphatic hydroxyl groups is 1. The van der Waals surface area contributed by atoms with E-state index in [0.717, 1.165) is 33.1 Å². The number of hydrogen-bond acceptors (Lipinski definition) is 4. The quantitative estimate of drug-likeness (QED) is 0.372. The molecule has 6 nitrogen and oxygen atoms in total. The summed E-state index contributed by atoms with van der Waals surface area (Å²) in [6.07, 6.45) is 0. The predicted molar refractivity (Wildman–Crippen MR) is 127 cm³/mol. The minimum Gasteiger partial charge on any atom is -0.478 e. The fourth-order valence-corrected chi connectivity index (χ4v) is 4.16. The molecule has 0 fully saturated rings. The first-order chi connectivity index (χ1) is 15.3. The molecule has 0 radical (unpaired) electrons. The van der Waals surface area contributed by atoms with Gasteiger partial charge in [0.1, 0.15) is 25.0 Å². The second-order valence-electron chi connectivity index (χ2n) is 8.18. The number of benzene rings is 3. The second-order valence-corrected chi connectivity index (χ2v) is 8.18. The van der Waals surface area contributed by atoms with E-state index < -0.39 is 5.97 Å². The van der Waals surface area contributed by atoms with E-state index in [1.165, 1.54) is 0 Å². The molecular weight excluding hydrogens is 404 g/mol. The van der Waals surface area contributed by atoms with E-state index >= 15 is 0 Å². The van der Waals surface area contributed by atoms with E-state index in [9.17, 15) is 15.0 Å². The summed E-state index contributed by atoms with van der Waals surface area (Å²) in [6, 6.07) is 17.0. The minimum atomic E-state index is -0.969. The number of aryl methyl sites for hydroxylation is 1. The lowest BCUT2D eigenvalue weighted by Crippen LogP contribution is -2.30. The van der Waals surface area contributed by atoms with Crippen LogP contribution in [0.2, 0.25) is 0 Å². The molecule has 2 aromatic rings. The standard InChI is InChI=1S/C26H26N2O4/c1-16-13-21-24(15-22(16)28(4)11-12-29)32-23-14-17(27(2)3)9-10-20(23)25(21)18-7-5-6-8-19(18)26(30)31/h5-10,13-15,29H,11-12H2,1-4H3/p+1. The number of likely N-dealkylation sites (N-methyl/N-ethyl adjacent to an activating group) is 1. The molecule has 0 aromatic heterocycles. The molecule has 32 heavy (non-hydrogen) atoms. The molecule has 164 valence electrons. The van der Waals surface area contributed by atoms with Crippen LogP contribution >= 0.6 is 0 Å². The van der Waals surface area contributed by atoms with Crippen LogP contribution in [-0.2, 0) is 0 Å². The number of carbonyl (C=O) groups is 1. The van der Waals surface area contributed by atoms with Crippen LogP contribution < -0.4 is 14.8 Å². The molecule has 6 heteroatoms. The summed E-state index contributed by atoms with van der Waals surface area (Å²) in [5.41, 5.74) is 5.27. The molecule has 1 aliphatic heterocycles. The second kappa shape index (κ2) is 8.48. The summed E-state index contributed by atoms with van der Waals surface area (Å²) in [6.45, 7) is 2.56. The van der Waals surface area contributed by atoms with Crippen LogP contribution in [0, 0.1) is 6.92 Å². The van der Waals surface area contributed by atoms with Crippen LogP contribution in [0.4, 0.5) is 5.69 Å². The Kier molecular flexibility index (Phi) is 5.72. The largest absolute Gasteiger partial charge is 0.478 e. The Morgan fingerprint density at radius 3 is 2.50 bits per heavy atom. The topological polar surface area (TPSA) is 76.9 Å². The maximum absolute atomic E-state index is 12.0. The molecule has 2 N–H and O–H groups in total. The summed E-state index contributed by atoms with van der Waals surface area (Å²) >= 11 is 0. The highest BCUT2D eigenvalue weighted by molar-refractivity contribution is 6.07. The van der Waals surface area contributed by atoms with Crippen LogP contribution in [0.5, 0.6) is 0 Å². The van der Waals surface area contributed by atoms with E-state index in [1.807, 2.05) is 80.0 Å². The van der Waals surface area contributed by atoms with Gasteiger partial charge in [0, 0.05) is 47.9 Å². The average Bonchev–Trinajstić information content (AvgIpc) is 2.77. The van der Waals surface area contributed by atoms with Crippen molar-refractivity contribution in [3.8, 4) is 22.5 Å². The molecular formula is C26H27N2O4+. The predicted octanol–water partition coefficient (Wildman–Crippen LogP) is 3.67. The normalized spacial score (nSPS) is 12.3. The molecule has 2 aliphatic rings. The fourth-order valence-electron chi connectivity index (χ4n) is 4.16. The van der Waals surface area contributed by atoms with Crippen molar-refractivity contribution < 1.29 is 19.4 Å². The number of anilines is 1. The van der Waals surface area contributed by atoms with Crippen LogP contribution in [0.3, 0.4) is 0 Å². The van der Waals surface area contributed by atoms with Gasteiger partial charge in [0.15, 0.2) is 6.54 Å². The van der Waals surface area contributed by atoms with E-state index in [0.29, 0.717) is 23.5 Å². The van der Waals surface area contributed by atoms with Gasteiger partial charge in [-0.25, -0.2) is 9.37 Å². The molecule has 0 amide bonds. The molecule has 0 unspecified atom stereocenters. The maximum Gasteiger partial charge on any atom is 0.336 e. The molecule has 0 atom stereocenters. The van der Waals surface area contributed by atoms with Gasteiger partial charge >= 0.3 is 5.97 Å². The van der Waals surface area contributed by atoms with Crippen molar-refractivity contribution in [2.45, 2.75) is 6.92 Å². The molecule has 1 aliphatic carbocycles. The Morgan fingerprint density at radius 2 is 1.81 bits per heavy atom. The van der Waals surface area contributed by atoms with Crippen molar-refractivity contribution >= 4 is 22.6 Å². The van der Waals surface area contributed by atoms with Gasteiger partial charge in [0.2, 0.25) is 5.36 Å². The Labute approximate surface area is 186 Å². The Balaban J connectivity index is 2.18. The number of rotatable bonds is 5. The summed E-state index contributed by atoms with van der Waals surface area (Å²) in [4.78, 5) is 14.0. The first-order valence-electron chi connectivity index (χ1n) is 10.5. The highest BCUT2D eigenvalue weighted by Gasteiger charge is 2.23. The maximum atomic E-state index is 12.0. The zero-order valence-corrected chi connectivity index (χ0v) is 18.7. The number of aliphatic hydroxyl groups excluding tert-OH is 1. The van der Waals surface area contributed by atoms with Gasteiger partial charge in [0.05, 0.1) is 11.6 Å². The van der Waals surface area contributed by atoms with Gasteiger partial charge in [-0.3, -0.25) is 0 Å². The summed E-state index contributed by atoms with van der Waals surface area (Å²) in [7, 11) is 5.86. The van der Waals surface area contributed by atoms with Crippen molar-refractivity contribution in [2.24, 2.45) is 0 Å². The van der Waals surface area contributed by atoms with Gasteiger partial charge < -0.3 is 19.5 Å². The van der Waals surface area contributed by atoms with Crippen molar-refractivity contribution in [1.29, 1.82) is 0 Å². The lowest BCUT2D eigenvalue weighted by atomic mass is 9.90. The van der Waals surface area contributed by atoms with Gasteiger partial charge in [-0.05, 0) is 36.8 Å². The Morgan fingerprint density at radius 1 is 1.06 bits per heavy atom. The molecule has 1 heterocycles. The number of hydrogen-bond donors (Lipinski definition) is 2. The van der Waals surface area contributed by atoms with E-state index in [1.54, 1.807) is 12.1 Å². The number of nitrogens with zero attached hydrogens (tertiary/aromatic N) is 2. The number of aromatic carboxylic acids is 1. The first kappa shape index (κ1) is 21.6. The molecule has 4 rings (SSSR count). The number of carboxylic acids is 1. The van der Waals surface area contributed by atoms with Crippen LogP contribution in [-0.4, -0.2) is 50.5 Å². The van der Waals surface area contributed by atoms with Gasteiger partial charge in [-0.15, -0.1) is 0 Å². The monoisotopic (exact) mass is 431 g/mol. The summed E-state index contributed by atoms with van der Waals surface area (Å²) in [5.74, 6) is -0.308. The highest BCUT2D eigenvalue weighted by Crippen LogP contribution is 2.42. The number of carboxylic acid groups (broad SMARTS) is 1. The van der Waals surface area contributed by atoms with Gasteiger partial charge in [0.25, 0.3) is 0 Å². The SMILES string of the molecule is Cc1cc2c(-c3ccccc3C(=O)O)c3ccc(N(C)C)cc3oc-2c/c1=[N+](/C)CCO. The summed E-state index contributed by atoms with van der Waals surface area (Å²) in [5, 5.41) is 21.0. The highest BCUT2D eigenvalue weighted by atomic mass is 16.4. The Hall–Kier alpha value is -3.64. The fraction of sp³-hybridized carbons (Fsp3) is 0.231. The zero-order chi connectivity index (χ0) is 23.0. The van der Waals surface area contributed by atoms with Crippen molar-refractivity contribution in [3.05, 3.63) is 71.1 Å². The lowest BCUT2D eigenvalue weighted by molar-refractivity contribution is 0.0697. The molecule has 2 aromatic carbocycles. The van der Waals surface area contributed by atoms with Crippen molar-refractivity contribution in [3.63, 3.8) is 0 Å². The van der Waals surface area contributed by atoms with E-state index in [-0.39, 0.29) is 12.2 Å². The Bertz CT molecular complexity index is 1370. The third-order valence-electron chi connectivity index (χ3n) is 5.81. The van der Waals surface area contributed by atoms with Gasteiger partial charge in [-0.2, -0.15) is 0 Å². The van der Waals surface area contributed by atoms with Crippen molar-refractivity contribution in [1.82, 2.24) is 4.58 Å². The zero-order valence-electron chi connectivity index (χ0n) is 18.7.